The van der Waals surface area contributed by atoms with Gasteiger partial charge in [-0.2, -0.15) is 13.2 Å². The molecule has 2 heterocycles. The van der Waals surface area contributed by atoms with Crippen molar-refractivity contribution in [2.75, 3.05) is 5.32 Å². The van der Waals surface area contributed by atoms with Crippen molar-refractivity contribution in [2.45, 2.75) is 26.1 Å². The Bertz CT molecular complexity index is 1170. The third-order valence-electron chi connectivity index (χ3n) is 4.03. The van der Waals surface area contributed by atoms with E-state index in [-0.39, 0.29) is 0 Å². The van der Waals surface area contributed by atoms with Crippen LogP contribution in [-0.2, 0) is 23.9 Å². The van der Waals surface area contributed by atoms with E-state index in [9.17, 15) is 32.9 Å². The van der Waals surface area contributed by atoms with Crippen molar-refractivity contribution in [1.82, 2.24) is 9.55 Å². The van der Waals surface area contributed by atoms with Crippen LogP contribution in [0.25, 0.3) is 10.2 Å². The average Bonchev–Trinajstić information content (AvgIpc) is 3.07. The maximum atomic E-state index is 13.2. The zero-order chi connectivity index (χ0) is 21.3. The molecule has 2 aromatic heterocycles. The summed E-state index contributed by atoms with van der Waals surface area (Å²) in [4.78, 5) is 40.0. The second-order valence-electron chi connectivity index (χ2n) is 6.00. The number of carbonyl (C=O) groups excluding carboxylic acids is 1. The monoisotopic (exact) mass is 426 g/mol. The first kappa shape index (κ1) is 20.5. The van der Waals surface area contributed by atoms with Crippen molar-refractivity contribution in [1.29, 1.82) is 0 Å². The Morgan fingerprint density at radius 1 is 1.34 bits per heavy atom. The largest absolute Gasteiger partial charge is 0.418 e. The lowest BCUT2D eigenvalue weighted by molar-refractivity contribution is -0.385. The highest BCUT2D eigenvalue weighted by Gasteiger charge is 2.35. The molecule has 1 amide bonds. The summed E-state index contributed by atoms with van der Waals surface area (Å²) in [5.41, 5.74) is -3.24. The molecule has 1 aromatic carbocycles. The maximum Gasteiger partial charge on any atom is 0.418 e. The fourth-order valence-electron chi connectivity index (χ4n) is 2.63. The first-order chi connectivity index (χ1) is 13.6. The van der Waals surface area contributed by atoms with E-state index in [1.165, 1.54) is 11.3 Å². The van der Waals surface area contributed by atoms with Gasteiger partial charge in [-0.1, -0.05) is 6.92 Å². The minimum Gasteiger partial charge on any atom is -0.324 e. The molecular weight excluding hydrogens is 413 g/mol. The van der Waals surface area contributed by atoms with E-state index >= 15 is 0 Å². The van der Waals surface area contributed by atoms with E-state index in [4.69, 9.17) is 0 Å². The Kier molecular flexibility index (Phi) is 5.38. The lowest BCUT2D eigenvalue weighted by Crippen LogP contribution is -2.28. The van der Waals surface area contributed by atoms with Crippen LogP contribution in [-0.4, -0.2) is 20.4 Å². The number of anilines is 1. The number of carbonyl (C=O) groups is 1. The molecule has 0 unspecified atom stereocenters. The summed E-state index contributed by atoms with van der Waals surface area (Å²) in [6.45, 7) is 1.35. The summed E-state index contributed by atoms with van der Waals surface area (Å²) in [6, 6.07) is 3.66. The van der Waals surface area contributed by atoms with Crippen LogP contribution in [0.3, 0.4) is 0 Å². The quantitative estimate of drug-likeness (QED) is 0.496. The van der Waals surface area contributed by atoms with Crippen LogP contribution in [0.15, 0.2) is 35.4 Å². The summed E-state index contributed by atoms with van der Waals surface area (Å²) in [7, 11) is 0. The first-order valence-electron chi connectivity index (χ1n) is 8.23. The molecule has 0 aliphatic heterocycles. The van der Waals surface area contributed by atoms with Gasteiger partial charge in [-0.15, -0.1) is 11.3 Å². The van der Waals surface area contributed by atoms with Crippen molar-refractivity contribution in [3.8, 4) is 0 Å². The number of fused-ring (bicyclic) bond motifs is 1. The van der Waals surface area contributed by atoms with Gasteiger partial charge in [-0.05, 0) is 18.6 Å². The number of thiophene rings is 1. The number of amides is 1. The number of nitro benzene ring substituents is 1. The van der Waals surface area contributed by atoms with Crippen molar-refractivity contribution in [3.63, 3.8) is 0 Å². The number of nitro groups is 1. The van der Waals surface area contributed by atoms with Crippen LogP contribution >= 0.6 is 11.3 Å². The van der Waals surface area contributed by atoms with Crippen molar-refractivity contribution in [3.05, 3.63) is 61.5 Å². The first-order valence-corrected chi connectivity index (χ1v) is 9.05. The summed E-state index contributed by atoms with van der Waals surface area (Å²) in [5, 5.41) is 13.1. The minimum absolute atomic E-state index is 0.327. The summed E-state index contributed by atoms with van der Waals surface area (Å²) >= 11 is 1.34. The molecule has 3 rings (SSSR count). The van der Waals surface area contributed by atoms with E-state index in [0.717, 1.165) is 27.9 Å². The predicted molar refractivity (Wildman–Crippen MR) is 100.0 cm³/mol. The van der Waals surface area contributed by atoms with Gasteiger partial charge in [-0.3, -0.25) is 24.3 Å². The molecule has 0 saturated carbocycles. The lowest BCUT2D eigenvalue weighted by Gasteiger charge is -2.14. The molecule has 1 N–H and O–H groups in total. The molecule has 0 aliphatic carbocycles. The molecule has 0 bridgehead atoms. The third-order valence-corrected chi connectivity index (χ3v) is 5.21. The Balaban J connectivity index is 1.88. The summed E-state index contributed by atoms with van der Waals surface area (Å²) in [5.74, 6) is -0.904. The molecule has 0 aliphatic rings. The number of aryl methyl sites for hydroxylation is 1. The fraction of sp³-hybridized carbons (Fsp3) is 0.235. The zero-order valence-corrected chi connectivity index (χ0v) is 15.6. The van der Waals surface area contributed by atoms with Crippen molar-refractivity contribution in [2.24, 2.45) is 0 Å². The number of nitrogens with one attached hydrogen (secondary N) is 1. The maximum absolute atomic E-state index is 13.2. The predicted octanol–water partition coefficient (Wildman–Crippen LogP) is 3.59. The van der Waals surface area contributed by atoms with E-state index in [0.29, 0.717) is 22.7 Å². The molecular formula is C17H13F3N4O4S. The highest BCUT2D eigenvalue weighted by molar-refractivity contribution is 7.18. The van der Waals surface area contributed by atoms with Gasteiger partial charge in [0.05, 0.1) is 27.9 Å². The summed E-state index contributed by atoms with van der Waals surface area (Å²) in [6.07, 6.45) is -3.05. The minimum atomic E-state index is -4.92. The van der Waals surface area contributed by atoms with Crippen LogP contribution in [0.2, 0.25) is 0 Å². The van der Waals surface area contributed by atoms with Crippen LogP contribution < -0.4 is 10.9 Å². The Morgan fingerprint density at radius 2 is 2.07 bits per heavy atom. The van der Waals surface area contributed by atoms with Gasteiger partial charge in [0.1, 0.15) is 11.4 Å². The zero-order valence-electron chi connectivity index (χ0n) is 14.8. The van der Waals surface area contributed by atoms with Gasteiger partial charge in [-0.25, -0.2) is 4.98 Å². The second-order valence-corrected chi connectivity index (χ2v) is 7.11. The number of aromatic nitrogens is 2. The van der Waals surface area contributed by atoms with Crippen molar-refractivity contribution < 1.29 is 22.9 Å². The molecule has 0 saturated heterocycles. The molecule has 0 spiro atoms. The SMILES string of the molecule is CCc1cc2c(=O)n(CC(=O)Nc3ccc([N+](=O)[O-])cc3C(F)(F)F)cnc2s1. The number of halogens is 3. The molecule has 0 fully saturated rings. The molecule has 152 valence electrons. The number of benzene rings is 1. The topological polar surface area (TPSA) is 107 Å². The fourth-order valence-corrected chi connectivity index (χ4v) is 3.56. The number of hydrogen-bond donors (Lipinski definition) is 1. The lowest BCUT2D eigenvalue weighted by atomic mass is 10.1. The smallest absolute Gasteiger partial charge is 0.324 e. The number of nitrogens with zero attached hydrogens (tertiary/aromatic N) is 3. The number of hydrogen-bond acceptors (Lipinski definition) is 6. The molecule has 0 radical (unpaired) electrons. The van der Waals surface area contributed by atoms with Crippen LogP contribution in [0, 0.1) is 10.1 Å². The van der Waals surface area contributed by atoms with Gasteiger partial charge >= 0.3 is 6.18 Å². The Morgan fingerprint density at radius 3 is 2.69 bits per heavy atom. The summed E-state index contributed by atoms with van der Waals surface area (Å²) < 4.78 is 40.6. The molecule has 29 heavy (non-hydrogen) atoms. The van der Waals surface area contributed by atoms with Gasteiger partial charge in [0.2, 0.25) is 5.91 Å². The highest BCUT2D eigenvalue weighted by Crippen LogP contribution is 2.37. The Labute approximate surface area is 164 Å². The van der Waals surface area contributed by atoms with Crippen LogP contribution in [0.5, 0.6) is 0 Å². The molecule has 12 heteroatoms. The second kappa shape index (κ2) is 7.62. The van der Waals surface area contributed by atoms with E-state index in [1.807, 2.05) is 6.92 Å². The van der Waals surface area contributed by atoms with Crippen LogP contribution in [0.1, 0.15) is 17.4 Å². The number of non-ortho nitro benzene ring substituents is 1. The highest BCUT2D eigenvalue weighted by atomic mass is 32.1. The average molecular weight is 426 g/mol. The van der Waals surface area contributed by atoms with Crippen molar-refractivity contribution >= 4 is 38.8 Å². The molecule has 8 nitrogen and oxygen atoms in total. The van der Waals surface area contributed by atoms with Gasteiger partial charge in [0.25, 0.3) is 11.2 Å². The number of rotatable bonds is 5. The molecule has 3 aromatic rings. The normalized spacial score (nSPS) is 11.6. The van der Waals surface area contributed by atoms with Gasteiger partial charge < -0.3 is 5.32 Å². The van der Waals surface area contributed by atoms with E-state index in [2.05, 4.69) is 10.3 Å². The van der Waals surface area contributed by atoms with Gasteiger partial charge in [0.15, 0.2) is 0 Å². The standard InChI is InChI=1S/C17H13F3N4O4S/c1-2-10-6-11-15(29-10)21-8-23(16(11)26)7-14(25)22-13-4-3-9(24(27)28)5-12(13)17(18,19)20/h3-6,8H,2,7H2,1H3,(H,22,25). The Hall–Kier alpha value is -3.28. The third kappa shape index (κ3) is 4.26. The van der Waals surface area contributed by atoms with Crippen LogP contribution in [0.4, 0.5) is 24.5 Å². The van der Waals surface area contributed by atoms with E-state index < -0.39 is 46.0 Å². The number of alkyl halides is 3. The molecule has 0 atom stereocenters. The van der Waals surface area contributed by atoms with E-state index in [1.54, 1.807) is 6.07 Å². The van der Waals surface area contributed by atoms with Gasteiger partial charge in [0, 0.05) is 17.0 Å².